The average Bonchev–Trinajstić information content (AvgIpc) is 3.21. The lowest BCUT2D eigenvalue weighted by molar-refractivity contribution is 0.0326. The molecule has 11 nitrogen and oxygen atoms in total. The Kier molecular flexibility index (Phi) is 7.70. The molecule has 3 N–H and O–H groups in total. The van der Waals surface area contributed by atoms with Crippen LogP contribution in [0.4, 0.5) is 0 Å². The third-order valence-electron chi connectivity index (χ3n) is 6.57. The van der Waals surface area contributed by atoms with Gasteiger partial charge in [0.2, 0.25) is 0 Å². The number of nitrogens with one attached hydrogen (secondary N) is 1. The predicted molar refractivity (Wildman–Crippen MR) is 132 cm³/mol. The van der Waals surface area contributed by atoms with Crippen molar-refractivity contribution in [2.24, 2.45) is 14.1 Å². The number of fused-ring (bicyclic) bond motifs is 1. The van der Waals surface area contributed by atoms with Gasteiger partial charge in [0.15, 0.2) is 11.2 Å². The Morgan fingerprint density at radius 1 is 1.17 bits per heavy atom. The molecule has 0 spiro atoms. The van der Waals surface area contributed by atoms with E-state index >= 15 is 0 Å². The summed E-state index contributed by atoms with van der Waals surface area (Å²) in [6, 6.07) is 5.07. The molecular formula is C24H34N6O5. The van der Waals surface area contributed by atoms with E-state index in [0.29, 0.717) is 57.0 Å². The molecule has 0 radical (unpaired) electrons. The Bertz CT molecular complexity index is 1300. The quantitative estimate of drug-likeness (QED) is 0.361. The highest BCUT2D eigenvalue weighted by Crippen LogP contribution is 2.21. The summed E-state index contributed by atoms with van der Waals surface area (Å²) < 4.78 is 9.91. The van der Waals surface area contributed by atoms with Gasteiger partial charge >= 0.3 is 5.69 Å². The minimum Gasteiger partial charge on any atom is -0.508 e. The van der Waals surface area contributed by atoms with Crippen LogP contribution in [0.2, 0.25) is 0 Å². The van der Waals surface area contributed by atoms with Crippen molar-refractivity contribution in [1.82, 2.24) is 28.9 Å². The van der Waals surface area contributed by atoms with Crippen molar-refractivity contribution in [1.29, 1.82) is 0 Å². The predicted octanol–water partition coefficient (Wildman–Crippen LogP) is -0.00678. The van der Waals surface area contributed by atoms with E-state index in [-0.39, 0.29) is 11.3 Å². The first-order valence-electron chi connectivity index (χ1n) is 11.9. The monoisotopic (exact) mass is 486 g/mol. The second-order valence-corrected chi connectivity index (χ2v) is 9.07. The van der Waals surface area contributed by atoms with Gasteiger partial charge in [-0.25, -0.2) is 9.78 Å². The summed E-state index contributed by atoms with van der Waals surface area (Å²) in [5.41, 5.74) is 1.54. The molecule has 3 aromatic rings. The molecule has 1 unspecified atom stereocenters. The molecule has 1 aliphatic rings. The first-order valence-corrected chi connectivity index (χ1v) is 11.9. The molecule has 0 saturated carbocycles. The van der Waals surface area contributed by atoms with Gasteiger partial charge < -0.3 is 24.8 Å². The number of morpholine rings is 1. The zero-order valence-electron chi connectivity index (χ0n) is 20.5. The molecule has 1 saturated heterocycles. The molecule has 3 heterocycles. The Labute approximate surface area is 203 Å². The van der Waals surface area contributed by atoms with Gasteiger partial charge in [0, 0.05) is 40.3 Å². The van der Waals surface area contributed by atoms with Gasteiger partial charge in [-0.05, 0) is 43.1 Å². The van der Waals surface area contributed by atoms with Gasteiger partial charge in [-0.15, -0.1) is 0 Å². The van der Waals surface area contributed by atoms with Crippen molar-refractivity contribution in [3.63, 3.8) is 0 Å². The van der Waals surface area contributed by atoms with E-state index in [1.165, 1.54) is 11.6 Å². The molecule has 1 atom stereocenters. The van der Waals surface area contributed by atoms with Crippen LogP contribution in [-0.2, 0) is 31.9 Å². The minimum absolute atomic E-state index is 0.206. The molecule has 2 aromatic heterocycles. The van der Waals surface area contributed by atoms with Gasteiger partial charge in [-0.2, -0.15) is 0 Å². The number of hydrogen-bond donors (Lipinski definition) is 3. The summed E-state index contributed by atoms with van der Waals surface area (Å²) >= 11 is 0. The van der Waals surface area contributed by atoms with Gasteiger partial charge in [0.1, 0.15) is 11.6 Å². The van der Waals surface area contributed by atoms with Crippen molar-refractivity contribution in [2.45, 2.75) is 32.5 Å². The summed E-state index contributed by atoms with van der Waals surface area (Å²) in [7, 11) is 3.12. The summed E-state index contributed by atoms with van der Waals surface area (Å²) in [5, 5.41) is 23.4. The van der Waals surface area contributed by atoms with Crippen molar-refractivity contribution >= 4 is 11.2 Å². The fourth-order valence-corrected chi connectivity index (χ4v) is 4.42. The van der Waals surface area contributed by atoms with E-state index in [1.54, 1.807) is 32.2 Å². The number of nitrogens with zero attached hydrogens (tertiary/aromatic N) is 5. The van der Waals surface area contributed by atoms with Gasteiger partial charge in [-0.1, -0.05) is 6.07 Å². The number of imidazole rings is 1. The zero-order valence-corrected chi connectivity index (χ0v) is 20.5. The number of aromatic hydroxyl groups is 1. The minimum atomic E-state index is -0.693. The molecule has 0 aliphatic carbocycles. The molecule has 11 heteroatoms. The van der Waals surface area contributed by atoms with Crippen LogP contribution in [0.3, 0.4) is 0 Å². The van der Waals surface area contributed by atoms with Crippen LogP contribution in [0.15, 0.2) is 27.8 Å². The topological polar surface area (TPSA) is 127 Å². The number of ether oxygens (including phenoxy) is 1. The number of rotatable bonds is 9. The molecule has 1 aliphatic heterocycles. The van der Waals surface area contributed by atoms with Crippen LogP contribution in [-0.4, -0.2) is 73.2 Å². The van der Waals surface area contributed by atoms with Crippen molar-refractivity contribution < 1.29 is 14.9 Å². The highest BCUT2D eigenvalue weighted by atomic mass is 16.5. The van der Waals surface area contributed by atoms with Crippen molar-refractivity contribution in [3.05, 3.63) is 56.0 Å². The number of aromatic nitrogens is 4. The largest absolute Gasteiger partial charge is 0.508 e. The first kappa shape index (κ1) is 25.1. The summed E-state index contributed by atoms with van der Waals surface area (Å²) in [6.07, 6.45) is 0.0107. The van der Waals surface area contributed by atoms with Gasteiger partial charge in [0.25, 0.3) is 5.56 Å². The van der Waals surface area contributed by atoms with Crippen molar-refractivity contribution in [2.75, 3.05) is 39.4 Å². The molecule has 1 fully saturated rings. The third kappa shape index (κ3) is 5.32. The third-order valence-corrected chi connectivity index (χ3v) is 6.57. The van der Waals surface area contributed by atoms with Crippen LogP contribution < -0.4 is 16.6 Å². The maximum atomic E-state index is 13.0. The molecule has 4 rings (SSSR count). The number of phenolic OH excluding ortho intramolecular Hbond substituents is 1. The van der Waals surface area contributed by atoms with Crippen LogP contribution in [0.25, 0.3) is 11.2 Å². The number of aryl methyl sites for hydroxylation is 3. The van der Waals surface area contributed by atoms with Crippen LogP contribution in [0.5, 0.6) is 5.75 Å². The van der Waals surface area contributed by atoms with Crippen LogP contribution in [0.1, 0.15) is 29.5 Å². The number of hydrogen-bond acceptors (Lipinski definition) is 8. The Morgan fingerprint density at radius 3 is 2.63 bits per heavy atom. The molecule has 0 amide bonds. The second kappa shape index (κ2) is 10.7. The van der Waals surface area contributed by atoms with E-state index in [9.17, 15) is 19.8 Å². The lowest BCUT2D eigenvalue weighted by Crippen LogP contribution is -2.38. The zero-order chi connectivity index (χ0) is 25.1. The lowest BCUT2D eigenvalue weighted by Gasteiger charge is -2.26. The standard InChI is InChI=1S/C24H34N6O5/c1-16-13-17(5-6-18(16)31)19(32)14-25-7-4-8-30-20(15-29-9-11-35-12-10-29)26-22-21(30)23(33)28(3)24(34)27(22)2/h5-6,13,19,25,31-32H,4,7-12,14-15H2,1-3H3. The Morgan fingerprint density at radius 2 is 1.91 bits per heavy atom. The van der Waals surface area contributed by atoms with E-state index in [2.05, 4.69) is 10.2 Å². The summed E-state index contributed by atoms with van der Waals surface area (Å²) in [6.45, 7) is 6.80. The number of aliphatic hydroxyl groups excluding tert-OH is 1. The van der Waals surface area contributed by atoms with Gasteiger partial charge in [-0.3, -0.25) is 18.8 Å². The van der Waals surface area contributed by atoms with E-state index < -0.39 is 11.8 Å². The SMILES string of the molecule is Cc1cc(C(O)CNCCCn2c(CN3CCOCC3)nc3c2c(=O)n(C)c(=O)n3C)ccc1O. The maximum Gasteiger partial charge on any atom is 0.332 e. The maximum absolute atomic E-state index is 13.0. The van der Waals surface area contributed by atoms with E-state index in [1.807, 2.05) is 4.57 Å². The molecule has 1 aromatic carbocycles. The smallest absolute Gasteiger partial charge is 0.332 e. The van der Waals surface area contributed by atoms with Crippen LogP contribution >= 0.6 is 0 Å². The number of phenols is 1. The fraction of sp³-hybridized carbons (Fsp3) is 0.542. The highest BCUT2D eigenvalue weighted by Gasteiger charge is 2.21. The Balaban J connectivity index is 1.47. The highest BCUT2D eigenvalue weighted by molar-refractivity contribution is 5.71. The number of aliphatic hydroxyl groups is 1. The average molecular weight is 487 g/mol. The normalized spacial score (nSPS) is 15.7. The molecule has 0 bridgehead atoms. The summed E-state index contributed by atoms with van der Waals surface area (Å²) in [5.74, 6) is 0.956. The van der Waals surface area contributed by atoms with Crippen molar-refractivity contribution in [3.8, 4) is 5.75 Å². The van der Waals surface area contributed by atoms with Crippen LogP contribution in [0, 0.1) is 6.92 Å². The number of benzene rings is 1. The Hall–Kier alpha value is -2.99. The lowest BCUT2D eigenvalue weighted by atomic mass is 10.1. The second-order valence-electron chi connectivity index (χ2n) is 9.07. The molecule has 35 heavy (non-hydrogen) atoms. The molecular weight excluding hydrogens is 452 g/mol. The first-order chi connectivity index (χ1) is 16.8. The summed E-state index contributed by atoms with van der Waals surface area (Å²) in [4.78, 5) is 32.4. The van der Waals surface area contributed by atoms with Gasteiger partial charge in [0.05, 0.1) is 25.9 Å². The molecule has 190 valence electrons. The van der Waals surface area contributed by atoms with E-state index in [0.717, 1.165) is 34.6 Å². The van der Waals surface area contributed by atoms with E-state index in [4.69, 9.17) is 9.72 Å². The fourth-order valence-electron chi connectivity index (χ4n) is 4.42.